The molecule has 3 heteroatoms. The van der Waals surface area contributed by atoms with Gasteiger partial charge in [-0.15, -0.1) is 0 Å². The van der Waals surface area contributed by atoms with Crippen molar-refractivity contribution in [1.29, 1.82) is 0 Å². The van der Waals surface area contributed by atoms with Crippen molar-refractivity contribution in [3.05, 3.63) is 82.3 Å². The summed E-state index contributed by atoms with van der Waals surface area (Å²) in [6.07, 6.45) is 8.37. The van der Waals surface area contributed by atoms with E-state index < -0.39 is 0 Å². The van der Waals surface area contributed by atoms with Gasteiger partial charge in [-0.3, -0.25) is 0 Å². The lowest BCUT2D eigenvalue weighted by molar-refractivity contribution is 0.414. The SMILES string of the molecule is COc1ccc(C=Cc2c(C)oc(C)c2C=Cc2ccc(OC)cc2)cc1. The number of hydrogen-bond acceptors (Lipinski definition) is 3. The summed E-state index contributed by atoms with van der Waals surface area (Å²) in [5, 5.41) is 0. The smallest absolute Gasteiger partial charge is 0.118 e. The van der Waals surface area contributed by atoms with Crippen LogP contribution in [0, 0.1) is 13.8 Å². The van der Waals surface area contributed by atoms with Crippen molar-refractivity contribution in [2.75, 3.05) is 14.2 Å². The van der Waals surface area contributed by atoms with Gasteiger partial charge in [0.05, 0.1) is 14.2 Å². The van der Waals surface area contributed by atoms with Gasteiger partial charge in [0.2, 0.25) is 0 Å². The molecule has 0 spiro atoms. The first kappa shape index (κ1) is 18.6. The Hall–Kier alpha value is -3.20. The molecule has 0 bridgehead atoms. The topological polar surface area (TPSA) is 31.6 Å². The highest BCUT2D eigenvalue weighted by molar-refractivity contribution is 5.81. The van der Waals surface area contributed by atoms with Gasteiger partial charge < -0.3 is 13.9 Å². The van der Waals surface area contributed by atoms with Gasteiger partial charge in [-0.1, -0.05) is 48.6 Å². The summed E-state index contributed by atoms with van der Waals surface area (Å²) in [6.45, 7) is 3.98. The Morgan fingerprint density at radius 1 is 0.593 bits per heavy atom. The van der Waals surface area contributed by atoms with E-state index in [4.69, 9.17) is 13.9 Å². The van der Waals surface area contributed by atoms with Gasteiger partial charge in [-0.2, -0.15) is 0 Å². The van der Waals surface area contributed by atoms with Gasteiger partial charge >= 0.3 is 0 Å². The van der Waals surface area contributed by atoms with E-state index in [0.29, 0.717) is 0 Å². The van der Waals surface area contributed by atoms with Crippen molar-refractivity contribution in [3.63, 3.8) is 0 Å². The van der Waals surface area contributed by atoms with Gasteiger partial charge in [-0.05, 0) is 49.2 Å². The molecule has 138 valence electrons. The molecule has 1 aromatic heterocycles. The fourth-order valence-corrected chi connectivity index (χ4v) is 2.92. The number of ether oxygens (including phenoxy) is 2. The minimum absolute atomic E-state index is 0.852. The van der Waals surface area contributed by atoms with Crippen LogP contribution in [0.4, 0.5) is 0 Å². The number of methoxy groups -OCH3 is 2. The van der Waals surface area contributed by atoms with Crippen molar-refractivity contribution < 1.29 is 13.9 Å². The van der Waals surface area contributed by atoms with Crippen LogP contribution in [-0.4, -0.2) is 14.2 Å². The van der Waals surface area contributed by atoms with Gasteiger partial charge in [0.1, 0.15) is 23.0 Å². The van der Waals surface area contributed by atoms with Crippen LogP contribution >= 0.6 is 0 Å². The maximum Gasteiger partial charge on any atom is 0.118 e. The van der Waals surface area contributed by atoms with E-state index >= 15 is 0 Å². The van der Waals surface area contributed by atoms with E-state index in [-0.39, 0.29) is 0 Å². The van der Waals surface area contributed by atoms with E-state index in [9.17, 15) is 0 Å². The number of rotatable bonds is 6. The molecule has 27 heavy (non-hydrogen) atoms. The first-order valence-corrected chi connectivity index (χ1v) is 8.85. The Morgan fingerprint density at radius 2 is 0.963 bits per heavy atom. The lowest BCUT2D eigenvalue weighted by Gasteiger charge is -2.00. The number of furan rings is 1. The molecule has 0 saturated heterocycles. The van der Waals surface area contributed by atoms with Gasteiger partial charge in [0, 0.05) is 11.1 Å². The zero-order valence-electron chi connectivity index (χ0n) is 16.2. The molecule has 0 N–H and O–H groups in total. The van der Waals surface area contributed by atoms with Crippen LogP contribution in [0.3, 0.4) is 0 Å². The zero-order chi connectivity index (χ0) is 19.2. The highest BCUT2D eigenvalue weighted by Gasteiger charge is 2.10. The largest absolute Gasteiger partial charge is 0.497 e. The molecule has 0 unspecified atom stereocenters. The lowest BCUT2D eigenvalue weighted by Crippen LogP contribution is -1.82. The average molecular weight is 360 g/mol. The van der Waals surface area contributed by atoms with Crippen molar-refractivity contribution in [3.8, 4) is 11.5 Å². The van der Waals surface area contributed by atoms with Gasteiger partial charge in [0.25, 0.3) is 0 Å². The fourth-order valence-electron chi connectivity index (χ4n) is 2.92. The van der Waals surface area contributed by atoms with Crippen LogP contribution in [0.1, 0.15) is 33.8 Å². The zero-order valence-corrected chi connectivity index (χ0v) is 16.2. The number of hydrogen-bond donors (Lipinski definition) is 0. The standard InChI is InChI=1S/C24H24O3/c1-17-23(15-9-19-5-11-21(25-3)12-6-19)24(18(2)27-17)16-10-20-7-13-22(26-4)14-8-20/h5-16H,1-4H3. The second-order valence-electron chi connectivity index (χ2n) is 6.25. The number of aryl methyl sites for hydroxylation is 2. The second kappa shape index (κ2) is 8.45. The minimum atomic E-state index is 0.852. The van der Waals surface area contributed by atoms with Crippen molar-refractivity contribution in [2.24, 2.45) is 0 Å². The van der Waals surface area contributed by atoms with Crippen molar-refractivity contribution >= 4 is 24.3 Å². The van der Waals surface area contributed by atoms with Crippen molar-refractivity contribution in [1.82, 2.24) is 0 Å². The Balaban J connectivity index is 1.85. The predicted molar refractivity (Wildman–Crippen MR) is 112 cm³/mol. The fraction of sp³-hybridized carbons (Fsp3) is 0.167. The summed E-state index contributed by atoms with van der Waals surface area (Å²) in [7, 11) is 3.34. The maximum atomic E-state index is 5.85. The quantitative estimate of drug-likeness (QED) is 0.520. The summed E-state index contributed by atoms with van der Waals surface area (Å²) in [6, 6.07) is 16.0. The minimum Gasteiger partial charge on any atom is -0.497 e. The molecule has 0 aliphatic rings. The van der Waals surface area contributed by atoms with Crippen LogP contribution in [-0.2, 0) is 0 Å². The molecule has 3 aromatic rings. The Labute approximate surface area is 160 Å². The summed E-state index contributed by atoms with van der Waals surface area (Å²) in [4.78, 5) is 0. The van der Waals surface area contributed by atoms with Crippen LogP contribution in [0.5, 0.6) is 11.5 Å². The Bertz CT molecular complexity index is 865. The molecule has 0 amide bonds. The molecule has 0 atom stereocenters. The first-order chi connectivity index (χ1) is 13.1. The van der Waals surface area contributed by atoms with E-state index in [1.54, 1.807) is 14.2 Å². The first-order valence-electron chi connectivity index (χ1n) is 8.85. The molecule has 0 aliphatic carbocycles. The highest BCUT2D eigenvalue weighted by Crippen LogP contribution is 2.27. The molecule has 1 heterocycles. The lowest BCUT2D eigenvalue weighted by atomic mass is 10.0. The third kappa shape index (κ3) is 4.50. The van der Waals surface area contributed by atoms with Crippen molar-refractivity contribution in [2.45, 2.75) is 13.8 Å². The molecule has 0 aliphatic heterocycles. The van der Waals surface area contributed by atoms with Crippen LogP contribution in [0.2, 0.25) is 0 Å². The highest BCUT2D eigenvalue weighted by atomic mass is 16.5. The van der Waals surface area contributed by atoms with Crippen LogP contribution in [0.25, 0.3) is 24.3 Å². The van der Waals surface area contributed by atoms with Gasteiger partial charge in [0.15, 0.2) is 0 Å². The third-order valence-electron chi connectivity index (χ3n) is 4.47. The number of benzene rings is 2. The molecular weight excluding hydrogens is 336 g/mol. The summed E-state index contributed by atoms with van der Waals surface area (Å²) in [5.41, 5.74) is 4.40. The average Bonchev–Trinajstić information content (AvgIpc) is 2.97. The Kier molecular flexibility index (Phi) is 5.82. The molecule has 3 rings (SSSR count). The van der Waals surface area contributed by atoms with E-state index in [0.717, 1.165) is 45.3 Å². The molecule has 3 nitrogen and oxygen atoms in total. The van der Waals surface area contributed by atoms with E-state index in [1.807, 2.05) is 62.4 Å². The summed E-state index contributed by atoms with van der Waals surface area (Å²) < 4.78 is 16.3. The molecule has 0 saturated carbocycles. The monoisotopic (exact) mass is 360 g/mol. The second-order valence-corrected chi connectivity index (χ2v) is 6.25. The summed E-state index contributed by atoms with van der Waals surface area (Å²) in [5.74, 6) is 3.52. The summed E-state index contributed by atoms with van der Waals surface area (Å²) >= 11 is 0. The van der Waals surface area contributed by atoms with Crippen LogP contribution in [0.15, 0.2) is 52.9 Å². The predicted octanol–water partition coefficient (Wildman–Crippen LogP) is 6.25. The van der Waals surface area contributed by atoms with E-state index in [2.05, 4.69) is 24.3 Å². The third-order valence-corrected chi connectivity index (χ3v) is 4.47. The molecule has 0 radical (unpaired) electrons. The molecule has 0 fully saturated rings. The maximum absolute atomic E-state index is 5.85. The van der Waals surface area contributed by atoms with Gasteiger partial charge in [-0.25, -0.2) is 0 Å². The van der Waals surface area contributed by atoms with Crippen LogP contribution < -0.4 is 9.47 Å². The normalized spacial score (nSPS) is 11.4. The molecule has 2 aromatic carbocycles. The molecular formula is C24H24O3. The van der Waals surface area contributed by atoms with E-state index in [1.165, 1.54) is 0 Å². The Morgan fingerprint density at radius 3 is 1.30 bits per heavy atom.